The summed E-state index contributed by atoms with van der Waals surface area (Å²) in [6, 6.07) is 9.80. The largest absolute Gasteiger partial charge is 0.465 e. The zero-order valence-corrected chi connectivity index (χ0v) is 14.7. The van der Waals surface area contributed by atoms with Crippen LogP contribution in [0.25, 0.3) is 0 Å². The van der Waals surface area contributed by atoms with Crippen molar-refractivity contribution in [3.05, 3.63) is 47.9 Å². The molecule has 0 aliphatic rings. The number of alkyl halides is 3. The summed E-state index contributed by atoms with van der Waals surface area (Å²) in [5.41, 5.74) is 6.77. The number of ether oxygens (including phenoxy) is 1. The summed E-state index contributed by atoms with van der Waals surface area (Å²) in [5, 5.41) is 5.73. The van der Waals surface area contributed by atoms with Crippen molar-refractivity contribution in [2.75, 3.05) is 23.0 Å². The van der Waals surface area contributed by atoms with Gasteiger partial charge in [0.15, 0.2) is 6.61 Å². The van der Waals surface area contributed by atoms with Gasteiger partial charge < -0.3 is 25.5 Å². The van der Waals surface area contributed by atoms with Crippen LogP contribution in [0.2, 0.25) is 0 Å². The number of anilines is 4. The van der Waals surface area contributed by atoms with Gasteiger partial charge >= 0.3 is 12.2 Å². The van der Waals surface area contributed by atoms with Gasteiger partial charge in [-0.2, -0.15) is 28.1 Å². The summed E-state index contributed by atoms with van der Waals surface area (Å²) in [7, 11) is 0. The van der Waals surface area contributed by atoms with E-state index in [9.17, 15) is 13.2 Å². The molecule has 0 fully saturated rings. The highest BCUT2D eigenvalue weighted by Crippen LogP contribution is 2.21. The lowest BCUT2D eigenvalue weighted by atomic mass is 10.3. The number of nitrogens with two attached hydrogens (primary N) is 1. The maximum Gasteiger partial charge on any atom is 0.422 e. The smallest absolute Gasteiger partial charge is 0.422 e. The van der Waals surface area contributed by atoms with E-state index in [2.05, 4.69) is 30.3 Å². The number of halogens is 3. The Morgan fingerprint density at radius 2 is 1.89 bits per heavy atom. The summed E-state index contributed by atoms with van der Waals surface area (Å²) in [6.07, 6.45) is -4.52. The molecule has 11 heteroatoms. The van der Waals surface area contributed by atoms with E-state index in [4.69, 9.17) is 10.2 Å². The molecule has 2 aromatic heterocycles. The Balaban J connectivity index is 1.80. The van der Waals surface area contributed by atoms with E-state index >= 15 is 0 Å². The Hall–Kier alpha value is -3.50. The molecule has 0 bridgehead atoms. The van der Waals surface area contributed by atoms with Crippen LogP contribution in [-0.4, -0.2) is 27.7 Å². The van der Waals surface area contributed by atoms with Gasteiger partial charge in [0.1, 0.15) is 11.5 Å². The molecule has 4 N–H and O–H groups in total. The molecule has 0 amide bonds. The average Bonchev–Trinajstić information content (AvgIpc) is 3.03. The highest BCUT2D eigenvalue weighted by molar-refractivity contribution is 5.60. The van der Waals surface area contributed by atoms with Gasteiger partial charge in [0.2, 0.25) is 11.9 Å². The molecular formula is C17H17F3N6O2. The summed E-state index contributed by atoms with van der Waals surface area (Å²) in [5.74, 6) is 1.36. The molecule has 0 saturated carbocycles. The summed E-state index contributed by atoms with van der Waals surface area (Å²) in [6.45, 7) is 0.503. The third-order valence-electron chi connectivity index (χ3n) is 3.34. The fourth-order valence-corrected chi connectivity index (χ4v) is 2.19. The molecule has 0 unspecified atom stereocenters. The number of hydrogen-bond donors (Lipinski definition) is 3. The number of nitrogens with one attached hydrogen (secondary N) is 2. The molecular weight excluding hydrogens is 377 g/mol. The Morgan fingerprint density at radius 1 is 1.11 bits per heavy atom. The van der Waals surface area contributed by atoms with Gasteiger partial charge in [-0.05, 0) is 37.3 Å². The lowest BCUT2D eigenvalue weighted by Crippen LogP contribution is -2.20. The first-order valence-corrected chi connectivity index (χ1v) is 8.14. The van der Waals surface area contributed by atoms with Crippen LogP contribution in [0.4, 0.5) is 36.4 Å². The van der Waals surface area contributed by atoms with Crippen LogP contribution < -0.4 is 21.1 Å². The number of benzene rings is 1. The number of aromatic nitrogens is 3. The minimum Gasteiger partial charge on any atom is -0.465 e. The van der Waals surface area contributed by atoms with Gasteiger partial charge in [-0.1, -0.05) is 6.07 Å². The summed E-state index contributed by atoms with van der Waals surface area (Å²) in [4.78, 5) is 11.9. The molecule has 148 valence electrons. The third kappa shape index (κ3) is 5.76. The Labute approximate surface area is 158 Å². The van der Waals surface area contributed by atoms with E-state index in [0.29, 0.717) is 17.1 Å². The predicted octanol–water partition coefficient (Wildman–Crippen LogP) is 3.65. The first kappa shape index (κ1) is 19.3. The van der Waals surface area contributed by atoms with E-state index < -0.39 is 18.8 Å². The van der Waals surface area contributed by atoms with Gasteiger partial charge in [-0.25, -0.2) is 0 Å². The van der Waals surface area contributed by atoms with Crippen LogP contribution in [0, 0.1) is 6.92 Å². The molecule has 0 radical (unpaired) electrons. The number of aryl methyl sites for hydroxylation is 1. The highest BCUT2D eigenvalue weighted by atomic mass is 19.4. The topological polar surface area (TPSA) is 111 Å². The number of hydrogen-bond acceptors (Lipinski definition) is 8. The van der Waals surface area contributed by atoms with E-state index in [-0.39, 0.29) is 18.4 Å². The first-order chi connectivity index (χ1) is 13.3. The minimum absolute atomic E-state index is 0.00380. The molecule has 3 rings (SSSR count). The Morgan fingerprint density at radius 3 is 2.57 bits per heavy atom. The van der Waals surface area contributed by atoms with Gasteiger partial charge in [0.25, 0.3) is 0 Å². The van der Waals surface area contributed by atoms with E-state index in [1.165, 1.54) is 0 Å². The fourth-order valence-electron chi connectivity index (χ4n) is 2.19. The van der Waals surface area contributed by atoms with Gasteiger partial charge in [-0.3, -0.25) is 0 Å². The van der Waals surface area contributed by atoms with Crippen LogP contribution in [0.5, 0.6) is 6.01 Å². The zero-order valence-electron chi connectivity index (χ0n) is 14.7. The maximum absolute atomic E-state index is 12.5. The average molecular weight is 394 g/mol. The Bertz CT molecular complexity index is 945. The fraction of sp³-hybridized carbons (Fsp3) is 0.235. The molecule has 2 heterocycles. The van der Waals surface area contributed by atoms with Crippen LogP contribution in [0.3, 0.4) is 0 Å². The first-order valence-electron chi connectivity index (χ1n) is 8.14. The molecule has 0 aliphatic heterocycles. The molecule has 0 aliphatic carbocycles. The van der Waals surface area contributed by atoms with E-state index in [1.807, 2.05) is 0 Å². The van der Waals surface area contributed by atoms with Crippen molar-refractivity contribution in [2.24, 2.45) is 0 Å². The SMILES string of the molecule is Cc1ccc(CNc2nc(Nc3cccc(N)c3)nc(OCC(F)(F)F)n2)o1. The normalized spacial score (nSPS) is 11.3. The van der Waals surface area contributed by atoms with Crippen molar-refractivity contribution in [3.8, 4) is 6.01 Å². The van der Waals surface area contributed by atoms with Crippen LogP contribution in [0.15, 0.2) is 40.8 Å². The highest BCUT2D eigenvalue weighted by Gasteiger charge is 2.29. The molecule has 1 aromatic carbocycles. The third-order valence-corrected chi connectivity index (χ3v) is 3.34. The van der Waals surface area contributed by atoms with Crippen LogP contribution in [0.1, 0.15) is 11.5 Å². The molecule has 8 nitrogen and oxygen atoms in total. The second-order valence-corrected chi connectivity index (χ2v) is 5.79. The number of furan rings is 1. The maximum atomic E-state index is 12.5. The second-order valence-electron chi connectivity index (χ2n) is 5.79. The van der Waals surface area contributed by atoms with Crippen molar-refractivity contribution >= 4 is 23.3 Å². The molecule has 3 aromatic rings. The molecule has 0 saturated heterocycles. The van der Waals surface area contributed by atoms with Crippen molar-refractivity contribution in [2.45, 2.75) is 19.6 Å². The molecule has 0 atom stereocenters. The Kier molecular flexibility index (Phi) is 5.52. The van der Waals surface area contributed by atoms with Crippen LogP contribution in [-0.2, 0) is 6.54 Å². The quantitative estimate of drug-likeness (QED) is 0.521. The predicted molar refractivity (Wildman–Crippen MR) is 96.3 cm³/mol. The number of nitrogen functional groups attached to an aromatic ring is 1. The monoisotopic (exact) mass is 394 g/mol. The zero-order chi connectivity index (χ0) is 20.1. The van der Waals surface area contributed by atoms with Crippen molar-refractivity contribution in [1.29, 1.82) is 0 Å². The lowest BCUT2D eigenvalue weighted by Gasteiger charge is -2.11. The van der Waals surface area contributed by atoms with Crippen molar-refractivity contribution < 1.29 is 22.3 Å². The van der Waals surface area contributed by atoms with Crippen LogP contribution >= 0.6 is 0 Å². The van der Waals surface area contributed by atoms with Crippen molar-refractivity contribution in [1.82, 2.24) is 15.0 Å². The standard InChI is InChI=1S/C17H17F3N6O2/c1-10-5-6-13(28-10)8-22-14-24-15(23-12-4-2-3-11(21)7-12)26-16(25-14)27-9-17(18,19)20/h2-7H,8-9,21H2,1H3,(H2,22,23,24,25,26). The molecule has 28 heavy (non-hydrogen) atoms. The second kappa shape index (κ2) is 8.03. The van der Waals surface area contributed by atoms with E-state index in [1.54, 1.807) is 43.3 Å². The summed E-state index contributed by atoms with van der Waals surface area (Å²) >= 11 is 0. The lowest BCUT2D eigenvalue weighted by molar-refractivity contribution is -0.154. The van der Waals surface area contributed by atoms with Gasteiger partial charge in [0, 0.05) is 11.4 Å². The number of rotatable bonds is 7. The van der Waals surface area contributed by atoms with E-state index in [0.717, 1.165) is 5.76 Å². The summed E-state index contributed by atoms with van der Waals surface area (Å²) < 4.78 is 47.4. The molecule has 0 spiro atoms. The minimum atomic E-state index is -4.52. The van der Waals surface area contributed by atoms with Gasteiger partial charge in [0.05, 0.1) is 6.54 Å². The van der Waals surface area contributed by atoms with Gasteiger partial charge in [-0.15, -0.1) is 0 Å². The number of nitrogens with zero attached hydrogens (tertiary/aromatic N) is 3. The van der Waals surface area contributed by atoms with Crippen molar-refractivity contribution in [3.63, 3.8) is 0 Å².